The lowest BCUT2D eigenvalue weighted by Crippen LogP contribution is -2.64. The van der Waals surface area contributed by atoms with E-state index in [0.717, 1.165) is 51.4 Å². The minimum Gasteiger partial charge on any atom is -0.462 e. The first-order valence-electron chi connectivity index (χ1n) is 23.5. The minimum atomic E-state index is -5.41. The Labute approximate surface area is 401 Å². The molecule has 5 unspecified atom stereocenters. The third kappa shape index (κ3) is 30.6. The Morgan fingerprint density at radius 1 is 0.603 bits per heavy atom. The molecule has 10 N–H and O–H groups in total. The molecule has 0 aromatic heterocycles. The van der Waals surface area contributed by atoms with Crippen LogP contribution in [0, 0.1) is 0 Å². The Bertz CT molecular complexity index is 1690. The summed E-state index contributed by atoms with van der Waals surface area (Å²) < 4.78 is 49.1. The summed E-state index contributed by atoms with van der Waals surface area (Å²) in [6.45, 7) is 2.58. The second-order valence-corrected chi connectivity index (χ2v) is 18.9. The Kier molecular flexibility index (Phi) is 34.3. The van der Waals surface area contributed by atoms with E-state index in [0.29, 0.717) is 12.8 Å². The molecule has 68 heavy (non-hydrogen) atoms. The summed E-state index contributed by atoms with van der Waals surface area (Å²) in [5.41, 5.74) is 0. The number of allylic oxidation sites excluding steroid dienone is 11. The van der Waals surface area contributed by atoms with Crippen LogP contribution in [0.3, 0.4) is 0 Å². The summed E-state index contributed by atoms with van der Waals surface area (Å²) in [5.74, 6) is -1.56. The van der Waals surface area contributed by atoms with Gasteiger partial charge in [-0.15, -0.1) is 0 Å². The van der Waals surface area contributed by atoms with Crippen molar-refractivity contribution in [2.75, 3.05) is 13.2 Å². The van der Waals surface area contributed by atoms with E-state index in [2.05, 4.69) is 35.8 Å². The van der Waals surface area contributed by atoms with Crippen LogP contribution in [0.5, 0.6) is 0 Å². The highest BCUT2D eigenvalue weighted by Crippen LogP contribution is 2.49. The average Bonchev–Trinajstić information content (AvgIpc) is 3.28. The molecule has 0 spiro atoms. The van der Waals surface area contributed by atoms with Crippen molar-refractivity contribution < 1.29 is 92.2 Å². The van der Waals surface area contributed by atoms with Gasteiger partial charge in [0.1, 0.15) is 43.2 Å². The topological polar surface area (TPSA) is 317 Å². The normalized spacial score (nSPS) is 23.4. The predicted molar refractivity (Wildman–Crippen MR) is 254 cm³/mol. The molecule has 390 valence electrons. The van der Waals surface area contributed by atoms with Gasteiger partial charge in [-0.3, -0.25) is 23.2 Å². The fraction of sp³-hybridized carbons (Fsp3) is 0.660. The molecule has 11 atom stereocenters. The summed E-state index contributed by atoms with van der Waals surface area (Å²) >= 11 is 0. The second kappa shape index (κ2) is 36.9. The largest absolute Gasteiger partial charge is 0.472 e. The number of rotatable bonds is 37. The number of esters is 2. The zero-order valence-electron chi connectivity index (χ0n) is 39.3. The summed E-state index contributed by atoms with van der Waals surface area (Å²) in [6, 6.07) is 0. The van der Waals surface area contributed by atoms with Crippen molar-refractivity contribution in [3.05, 3.63) is 85.1 Å². The van der Waals surface area contributed by atoms with E-state index in [1.165, 1.54) is 31.4 Å². The molecule has 0 radical (unpaired) electrons. The number of carbonyl (C=O) groups is 2. The van der Waals surface area contributed by atoms with E-state index < -0.39 is 102 Å². The molecule has 1 saturated carbocycles. The van der Waals surface area contributed by atoms with Gasteiger partial charge in [-0.05, 0) is 64.2 Å². The van der Waals surface area contributed by atoms with Gasteiger partial charge in [0.2, 0.25) is 0 Å². The van der Waals surface area contributed by atoms with Gasteiger partial charge in [0.05, 0.1) is 24.9 Å². The van der Waals surface area contributed by atoms with Crippen LogP contribution in [0.15, 0.2) is 85.1 Å². The number of hydrogen-bond acceptors (Lipinski definition) is 16. The maximum Gasteiger partial charge on any atom is 0.472 e. The van der Waals surface area contributed by atoms with Crippen molar-refractivity contribution in [3.8, 4) is 0 Å². The smallest absolute Gasteiger partial charge is 0.462 e. The van der Waals surface area contributed by atoms with E-state index in [4.69, 9.17) is 18.5 Å². The maximum atomic E-state index is 13.0. The van der Waals surface area contributed by atoms with Crippen molar-refractivity contribution in [1.82, 2.24) is 0 Å². The molecule has 0 aromatic rings. The number of hydrogen-bond donors (Lipinski definition) is 10. The standard InChI is InChI=1S/C47H78O19P2/c1-3-5-7-8-9-10-11-12-13-14-15-16-17-22-26-32-40(51)62-34-37(35-63-68(60,61)66-47-44(55)42(53)43(54)46(45(47)56)65-67(57,58)59)64-41(52)33-27-31-39(50)38(49)30-25-21-19-18-20-24-29-36(48)28-23-6-4-2/h6,9-10,12-13,18-21,23-25,29-30,36-39,42-50,53-56H,3-5,7-8,11,14-17,22,26-28,31-35H2,1-2H3,(H,60,61)(H2,57,58,59)/b10-9-,13-12-,20-18+,21-19-,23-6-,29-24+,30-25-/t36-,37+,38+,39+,42?,43?,44?,45?,46+,47-/m0/s1. The van der Waals surface area contributed by atoms with E-state index in [-0.39, 0.29) is 25.7 Å². The van der Waals surface area contributed by atoms with Crippen LogP contribution in [0.4, 0.5) is 0 Å². The predicted octanol–water partition coefficient (Wildman–Crippen LogP) is 5.53. The summed E-state index contributed by atoms with van der Waals surface area (Å²) in [4.78, 5) is 54.3. The molecule has 0 bridgehead atoms. The number of carbonyl (C=O) groups excluding carboxylic acids is 2. The molecule has 0 saturated heterocycles. The lowest BCUT2D eigenvalue weighted by Gasteiger charge is -2.43. The quantitative estimate of drug-likeness (QED) is 0.0120. The summed E-state index contributed by atoms with van der Waals surface area (Å²) in [6.07, 6.45) is 18.9. The van der Waals surface area contributed by atoms with Gasteiger partial charge in [-0.25, -0.2) is 9.13 Å². The van der Waals surface area contributed by atoms with Gasteiger partial charge in [0.15, 0.2) is 6.10 Å². The molecule has 0 aliphatic heterocycles. The molecule has 1 aliphatic rings. The molecule has 1 rings (SSSR count). The SMILES string of the molecule is CC/C=C\C[C@H](O)/C=C/C=C/C=C\C=C/[C@@H](O)[C@H](O)CCCC(=O)O[C@H](COC(=O)CCCCCCC/C=C\C/C=C\CCCCC)COP(=O)(O)O[C@H]1C(O)C(O)C(O)[C@@H](OP(=O)(O)O)C1O. The fourth-order valence-electron chi connectivity index (χ4n) is 6.51. The van der Waals surface area contributed by atoms with Crippen molar-refractivity contribution in [3.63, 3.8) is 0 Å². The molecular weight excluding hydrogens is 930 g/mol. The number of aliphatic hydroxyl groups is 7. The zero-order valence-corrected chi connectivity index (χ0v) is 41.1. The molecule has 0 amide bonds. The number of phosphoric acid groups is 2. The van der Waals surface area contributed by atoms with Crippen LogP contribution in [-0.2, 0) is 41.8 Å². The van der Waals surface area contributed by atoms with E-state index in [1.807, 2.05) is 19.1 Å². The Morgan fingerprint density at radius 3 is 1.81 bits per heavy atom. The average molecular weight is 1010 g/mol. The highest BCUT2D eigenvalue weighted by Gasteiger charge is 2.54. The molecule has 0 heterocycles. The first-order chi connectivity index (χ1) is 32.3. The molecule has 1 aliphatic carbocycles. The highest BCUT2D eigenvalue weighted by atomic mass is 31.2. The monoisotopic (exact) mass is 1010 g/mol. The molecule has 21 heteroatoms. The van der Waals surface area contributed by atoms with E-state index in [1.54, 1.807) is 36.5 Å². The Hall–Kier alpha value is -2.94. The fourth-order valence-corrected chi connectivity index (χ4v) is 8.05. The highest BCUT2D eigenvalue weighted by molar-refractivity contribution is 7.47. The molecule has 1 fully saturated rings. The number of phosphoric ester groups is 2. The first-order valence-corrected chi connectivity index (χ1v) is 26.5. The van der Waals surface area contributed by atoms with Gasteiger partial charge in [-0.2, -0.15) is 0 Å². The second-order valence-electron chi connectivity index (χ2n) is 16.3. The van der Waals surface area contributed by atoms with E-state index in [9.17, 15) is 69.1 Å². The van der Waals surface area contributed by atoms with Gasteiger partial charge < -0.3 is 59.9 Å². The van der Waals surface area contributed by atoms with Gasteiger partial charge >= 0.3 is 27.6 Å². The lowest BCUT2D eigenvalue weighted by molar-refractivity contribution is -0.216. The van der Waals surface area contributed by atoms with Gasteiger partial charge in [0.25, 0.3) is 0 Å². The van der Waals surface area contributed by atoms with Crippen molar-refractivity contribution in [1.29, 1.82) is 0 Å². The van der Waals surface area contributed by atoms with Crippen molar-refractivity contribution >= 4 is 27.6 Å². The van der Waals surface area contributed by atoms with Crippen molar-refractivity contribution in [2.45, 2.75) is 184 Å². The molecular formula is C47H78O19P2. The Balaban J connectivity index is 2.77. The third-order valence-corrected chi connectivity index (χ3v) is 11.8. The van der Waals surface area contributed by atoms with Crippen LogP contribution in [0.1, 0.15) is 123 Å². The van der Waals surface area contributed by atoms with Gasteiger partial charge in [0, 0.05) is 12.8 Å². The van der Waals surface area contributed by atoms with Crippen LogP contribution in [-0.4, -0.2) is 137 Å². The first kappa shape index (κ1) is 63.1. The lowest BCUT2D eigenvalue weighted by atomic mass is 9.85. The number of aliphatic hydroxyl groups excluding tert-OH is 7. The molecule has 19 nitrogen and oxygen atoms in total. The number of unbranched alkanes of at least 4 members (excludes halogenated alkanes) is 8. The van der Waals surface area contributed by atoms with Crippen molar-refractivity contribution in [2.24, 2.45) is 0 Å². The minimum absolute atomic E-state index is 0.0151. The van der Waals surface area contributed by atoms with Crippen LogP contribution >= 0.6 is 15.6 Å². The van der Waals surface area contributed by atoms with E-state index >= 15 is 0 Å². The van der Waals surface area contributed by atoms with Crippen LogP contribution in [0.2, 0.25) is 0 Å². The van der Waals surface area contributed by atoms with Gasteiger partial charge in [-0.1, -0.05) is 131 Å². The van der Waals surface area contributed by atoms with Crippen LogP contribution < -0.4 is 0 Å². The summed E-state index contributed by atoms with van der Waals surface area (Å²) in [5, 5.41) is 71.8. The summed E-state index contributed by atoms with van der Waals surface area (Å²) in [7, 11) is -10.8. The zero-order chi connectivity index (χ0) is 50.8. The Morgan fingerprint density at radius 2 is 1.18 bits per heavy atom. The molecule has 0 aromatic carbocycles. The van der Waals surface area contributed by atoms with Crippen LogP contribution in [0.25, 0.3) is 0 Å². The maximum absolute atomic E-state index is 13.0. The number of ether oxygens (including phenoxy) is 2. The third-order valence-electron chi connectivity index (χ3n) is 10.3.